The van der Waals surface area contributed by atoms with E-state index >= 15 is 0 Å². The molecule has 0 saturated heterocycles. The summed E-state index contributed by atoms with van der Waals surface area (Å²) in [4.78, 5) is 25.7. The molecule has 8 heteroatoms. The fourth-order valence-electron chi connectivity index (χ4n) is 3.97. The Morgan fingerprint density at radius 2 is 1.74 bits per heavy atom. The van der Waals surface area contributed by atoms with E-state index in [9.17, 15) is 9.59 Å². The van der Waals surface area contributed by atoms with Gasteiger partial charge in [-0.3, -0.25) is 13.9 Å². The average molecular weight is 416 g/mol. The van der Waals surface area contributed by atoms with E-state index in [1.807, 2.05) is 55.5 Å². The Morgan fingerprint density at radius 1 is 1.00 bits per heavy atom. The molecule has 0 aliphatic rings. The molecule has 0 saturated carbocycles. The zero-order chi connectivity index (χ0) is 22.0. The number of aromatic amines is 1. The quantitative estimate of drug-likeness (QED) is 0.521. The molecule has 0 fully saturated rings. The Morgan fingerprint density at radius 3 is 2.42 bits per heavy atom. The number of benzene rings is 2. The van der Waals surface area contributed by atoms with Gasteiger partial charge in [-0.15, -0.1) is 10.2 Å². The highest BCUT2D eigenvalue weighted by Crippen LogP contribution is 2.31. The van der Waals surface area contributed by atoms with Crippen LogP contribution in [-0.2, 0) is 20.0 Å². The van der Waals surface area contributed by atoms with E-state index in [0.29, 0.717) is 17.8 Å². The number of aromatic nitrogens is 6. The van der Waals surface area contributed by atoms with Gasteiger partial charge in [0.05, 0.1) is 6.54 Å². The second-order valence-electron chi connectivity index (χ2n) is 7.49. The predicted octanol–water partition coefficient (Wildman–Crippen LogP) is 2.70. The van der Waals surface area contributed by atoms with Gasteiger partial charge < -0.3 is 0 Å². The van der Waals surface area contributed by atoms with Crippen molar-refractivity contribution in [2.75, 3.05) is 0 Å². The highest BCUT2D eigenvalue weighted by Gasteiger charge is 2.19. The fourth-order valence-corrected chi connectivity index (χ4v) is 3.97. The fraction of sp³-hybridized carbons (Fsp3) is 0.261. The minimum atomic E-state index is -0.332. The average Bonchev–Trinajstić information content (AvgIpc) is 3.34. The van der Waals surface area contributed by atoms with E-state index in [1.54, 1.807) is 11.5 Å². The van der Waals surface area contributed by atoms with Gasteiger partial charge >= 0.3 is 5.69 Å². The number of rotatable bonds is 6. The van der Waals surface area contributed by atoms with Gasteiger partial charge in [0.2, 0.25) is 5.82 Å². The molecule has 31 heavy (non-hydrogen) atoms. The summed E-state index contributed by atoms with van der Waals surface area (Å²) >= 11 is 0. The molecule has 4 rings (SSSR count). The molecule has 158 valence electrons. The first-order valence-electron chi connectivity index (χ1n) is 10.2. The van der Waals surface area contributed by atoms with E-state index in [2.05, 4.69) is 20.6 Å². The van der Waals surface area contributed by atoms with Crippen molar-refractivity contribution in [2.45, 2.75) is 33.2 Å². The monoisotopic (exact) mass is 416 g/mol. The predicted molar refractivity (Wildman–Crippen MR) is 119 cm³/mol. The van der Waals surface area contributed by atoms with Crippen molar-refractivity contribution in [3.8, 4) is 22.5 Å². The molecule has 0 atom stereocenters. The number of nitrogens with zero attached hydrogens (tertiary/aromatic N) is 5. The molecule has 2 heterocycles. The van der Waals surface area contributed by atoms with Crippen LogP contribution in [0, 0.1) is 6.92 Å². The third kappa shape index (κ3) is 3.72. The number of hydrogen-bond donors (Lipinski definition) is 1. The van der Waals surface area contributed by atoms with Gasteiger partial charge in [0.25, 0.3) is 5.56 Å². The zero-order valence-electron chi connectivity index (χ0n) is 17.8. The van der Waals surface area contributed by atoms with Crippen molar-refractivity contribution in [2.24, 2.45) is 7.05 Å². The number of H-pyrrole nitrogens is 1. The van der Waals surface area contributed by atoms with Crippen molar-refractivity contribution in [3.05, 3.63) is 86.2 Å². The summed E-state index contributed by atoms with van der Waals surface area (Å²) in [5.74, 6) is 0.458. The summed E-state index contributed by atoms with van der Waals surface area (Å²) in [5.41, 5.74) is 4.46. The third-order valence-corrected chi connectivity index (χ3v) is 5.55. The number of nitrogens with one attached hydrogen (secondary N) is 1. The molecule has 0 spiro atoms. The van der Waals surface area contributed by atoms with Crippen LogP contribution in [0.15, 0.2) is 58.1 Å². The number of tetrazole rings is 1. The maximum atomic E-state index is 13.2. The van der Waals surface area contributed by atoms with Crippen LogP contribution in [0.5, 0.6) is 0 Å². The first-order chi connectivity index (χ1) is 15.0. The van der Waals surface area contributed by atoms with Crippen LogP contribution >= 0.6 is 0 Å². The molecule has 4 aromatic rings. The molecule has 0 bridgehead atoms. The van der Waals surface area contributed by atoms with Crippen molar-refractivity contribution < 1.29 is 0 Å². The molecule has 0 aliphatic carbocycles. The van der Waals surface area contributed by atoms with Gasteiger partial charge in [-0.2, -0.15) is 5.21 Å². The Labute approximate surface area is 179 Å². The minimum Gasteiger partial charge on any atom is -0.293 e. The summed E-state index contributed by atoms with van der Waals surface area (Å²) < 4.78 is 2.87. The summed E-state index contributed by atoms with van der Waals surface area (Å²) in [5, 5.41) is 14.5. The van der Waals surface area contributed by atoms with E-state index in [4.69, 9.17) is 0 Å². The van der Waals surface area contributed by atoms with E-state index < -0.39 is 0 Å². The lowest BCUT2D eigenvalue weighted by Gasteiger charge is -2.20. The Bertz CT molecular complexity index is 1320. The van der Waals surface area contributed by atoms with Crippen LogP contribution in [0.3, 0.4) is 0 Å². The standard InChI is InChI=1S/C23H24N6O2/c1-4-9-20-15(2)22(30)28(3)23(31)29(20)14-19-17(16-10-6-5-7-11-16)12-8-13-18(19)21-24-26-27-25-21/h5-8,10-13H,4,9,14H2,1-3H3,(H,24,25,26,27). The van der Waals surface area contributed by atoms with Crippen LogP contribution in [-0.4, -0.2) is 29.8 Å². The minimum absolute atomic E-state index is 0.251. The molecule has 8 nitrogen and oxygen atoms in total. The normalized spacial score (nSPS) is 11.1. The Hall–Kier alpha value is -3.81. The summed E-state index contributed by atoms with van der Waals surface area (Å²) in [6, 6.07) is 15.9. The van der Waals surface area contributed by atoms with Crippen LogP contribution in [0.2, 0.25) is 0 Å². The van der Waals surface area contributed by atoms with Crippen LogP contribution in [0.4, 0.5) is 0 Å². The Kier molecular flexibility index (Phi) is 5.62. The second-order valence-corrected chi connectivity index (χ2v) is 7.49. The van der Waals surface area contributed by atoms with Crippen molar-refractivity contribution >= 4 is 0 Å². The van der Waals surface area contributed by atoms with Crippen molar-refractivity contribution in [3.63, 3.8) is 0 Å². The lowest BCUT2D eigenvalue weighted by molar-refractivity contribution is 0.598. The first kappa shape index (κ1) is 20.5. The van der Waals surface area contributed by atoms with E-state index in [-0.39, 0.29) is 17.8 Å². The van der Waals surface area contributed by atoms with Crippen molar-refractivity contribution in [1.29, 1.82) is 0 Å². The van der Waals surface area contributed by atoms with Gasteiger partial charge in [-0.05, 0) is 35.2 Å². The van der Waals surface area contributed by atoms with Crippen LogP contribution in [0.25, 0.3) is 22.5 Å². The van der Waals surface area contributed by atoms with Crippen molar-refractivity contribution in [1.82, 2.24) is 29.8 Å². The maximum absolute atomic E-state index is 13.2. The van der Waals surface area contributed by atoms with Crippen LogP contribution < -0.4 is 11.2 Å². The zero-order valence-corrected chi connectivity index (χ0v) is 17.8. The molecule has 2 aromatic heterocycles. The first-order valence-corrected chi connectivity index (χ1v) is 10.2. The SMILES string of the molecule is CCCc1c(C)c(=O)n(C)c(=O)n1Cc1c(-c2ccccc2)cccc1-c1nn[nH]n1. The molecule has 0 radical (unpaired) electrons. The molecule has 0 aliphatic heterocycles. The van der Waals surface area contributed by atoms with Gasteiger partial charge in [0.15, 0.2) is 0 Å². The highest BCUT2D eigenvalue weighted by atomic mass is 16.2. The van der Waals surface area contributed by atoms with Gasteiger partial charge in [-0.25, -0.2) is 4.79 Å². The summed E-state index contributed by atoms with van der Waals surface area (Å²) in [7, 11) is 1.52. The Balaban J connectivity index is 2.00. The van der Waals surface area contributed by atoms with Gasteiger partial charge in [0.1, 0.15) is 0 Å². The lowest BCUT2D eigenvalue weighted by Crippen LogP contribution is -2.41. The summed E-state index contributed by atoms with van der Waals surface area (Å²) in [6.45, 7) is 4.11. The smallest absolute Gasteiger partial charge is 0.293 e. The topological polar surface area (TPSA) is 98.5 Å². The molecular formula is C23H24N6O2. The van der Waals surface area contributed by atoms with Crippen LogP contribution in [0.1, 0.15) is 30.2 Å². The van der Waals surface area contributed by atoms with E-state index in [0.717, 1.165) is 34.4 Å². The highest BCUT2D eigenvalue weighted by molar-refractivity contribution is 5.76. The maximum Gasteiger partial charge on any atom is 0.331 e. The molecular weight excluding hydrogens is 392 g/mol. The molecule has 0 unspecified atom stereocenters. The molecule has 1 N–H and O–H groups in total. The largest absolute Gasteiger partial charge is 0.331 e. The van der Waals surface area contributed by atoms with E-state index in [1.165, 1.54) is 11.6 Å². The lowest BCUT2D eigenvalue weighted by atomic mass is 9.94. The second kappa shape index (κ2) is 8.51. The van der Waals surface area contributed by atoms with Gasteiger partial charge in [-0.1, -0.05) is 61.9 Å². The van der Waals surface area contributed by atoms with Gasteiger partial charge in [0, 0.05) is 23.9 Å². The molecule has 0 amide bonds. The summed E-state index contributed by atoms with van der Waals surface area (Å²) in [6.07, 6.45) is 1.47. The third-order valence-electron chi connectivity index (χ3n) is 5.55. The number of hydrogen-bond acceptors (Lipinski definition) is 5. The molecule has 2 aromatic carbocycles.